The van der Waals surface area contributed by atoms with Crippen molar-refractivity contribution in [3.05, 3.63) is 41.3 Å². The zero-order valence-electron chi connectivity index (χ0n) is 18.3. The van der Waals surface area contributed by atoms with Gasteiger partial charge < -0.3 is 25.0 Å². The molecule has 33 heavy (non-hydrogen) atoms. The molecule has 0 aliphatic carbocycles. The molecule has 0 radical (unpaired) electrons. The summed E-state index contributed by atoms with van der Waals surface area (Å²) >= 11 is 0. The van der Waals surface area contributed by atoms with Crippen molar-refractivity contribution in [1.82, 2.24) is 19.8 Å². The fourth-order valence-electron chi connectivity index (χ4n) is 3.85. The first-order valence-corrected chi connectivity index (χ1v) is 12.8. The molecule has 2 aliphatic heterocycles. The zero-order chi connectivity index (χ0) is 23.4. The van der Waals surface area contributed by atoms with Gasteiger partial charge >= 0.3 is 0 Å². The molecule has 1 fully saturated rings. The molecule has 4 rings (SSSR count). The van der Waals surface area contributed by atoms with E-state index in [4.69, 9.17) is 25.9 Å². The van der Waals surface area contributed by atoms with Gasteiger partial charge in [-0.15, -0.1) is 0 Å². The molecule has 1 saturated heterocycles. The lowest BCUT2D eigenvalue weighted by atomic mass is 10.1. The fraction of sp³-hybridized carbons (Fsp3) is 0.409. The van der Waals surface area contributed by atoms with Gasteiger partial charge in [-0.25, -0.2) is 9.97 Å². The molecule has 3 heterocycles. The summed E-state index contributed by atoms with van der Waals surface area (Å²) in [6.07, 6.45) is 4.02. The summed E-state index contributed by atoms with van der Waals surface area (Å²) in [7, 11) is 5.57. The Morgan fingerprint density at radius 3 is 2.94 bits per heavy atom. The van der Waals surface area contributed by atoms with Crippen LogP contribution < -0.4 is 5.73 Å². The van der Waals surface area contributed by atoms with E-state index >= 15 is 0 Å². The van der Waals surface area contributed by atoms with Gasteiger partial charge in [0, 0.05) is 31.6 Å². The number of benzene rings is 1. The van der Waals surface area contributed by atoms with Crippen molar-refractivity contribution < 1.29 is 19.1 Å². The third-order valence-electron chi connectivity index (χ3n) is 5.55. The van der Waals surface area contributed by atoms with Gasteiger partial charge in [0.2, 0.25) is 5.91 Å². The maximum atomic E-state index is 13.3. The number of carbonyl (C=O) groups excluding carboxylic acids is 2. The van der Waals surface area contributed by atoms with Crippen LogP contribution in [0.15, 0.2) is 35.7 Å². The summed E-state index contributed by atoms with van der Waals surface area (Å²) in [6, 6.07) is 4.97. The van der Waals surface area contributed by atoms with Crippen molar-refractivity contribution in [2.45, 2.75) is 25.9 Å². The van der Waals surface area contributed by atoms with Crippen LogP contribution in [-0.2, 0) is 25.6 Å². The Hall–Kier alpha value is -2.69. The van der Waals surface area contributed by atoms with Gasteiger partial charge in [-0.05, 0) is 62.9 Å². The predicted molar refractivity (Wildman–Crippen MR) is 130 cm³/mol. The van der Waals surface area contributed by atoms with Crippen LogP contribution in [0.4, 0.5) is 5.82 Å². The molecule has 1 aromatic carbocycles. The van der Waals surface area contributed by atoms with Crippen LogP contribution in [0.3, 0.4) is 0 Å². The number of hydrogen-bond donors (Lipinski definition) is 1. The highest BCUT2D eigenvalue weighted by atomic mass is 35.7. The van der Waals surface area contributed by atoms with E-state index in [1.54, 1.807) is 9.80 Å². The molecular formula is C22H26ClN5O4S. The van der Waals surface area contributed by atoms with Crippen molar-refractivity contribution in [2.75, 3.05) is 38.6 Å². The van der Waals surface area contributed by atoms with E-state index in [9.17, 15) is 9.59 Å². The number of nitrogens with two attached hydrogens (primary N) is 1. The van der Waals surface area contributed by atoms with Crippen LogP contribution in [-0.4, -0.2) is 75.9 Å². The van der Waals surface area contributed by atoms with E-state index in [1.807, 2.05) is 36.6 Å². The molecule has 9 nitrogen and oxygen atoms in total. The van der Waals surface area contributed by atoms with Crippen molar-refractivity contribution in [3.8, 4) is 0 Å². The molecule has 0 saturated carbocycles. The molecule has 2 aromatic rings. The monoisotopic (exact) mass is 491 g/mol. The first-order valence-electron chi connectivity index (χ1n) is 10.7. The van der Waals surface area contributed by atoms with Crippen LogP contribution >= 0.6 is 20.4 Å². The van der Waals surface area contributed by atoms with Crippen molar-refractivity contribution in [3.63, 3.8) is 0 Å². The standard InChI is InChI=1S/C22H26ClN5O4S/c1-2-31-12-18-22(30)27(11-15-5-6-16-17(10-15)25-14-26-21(16)24)7-8-28(18)19(29)13-32-20-4-3-9-33(20)23/h4-6,9-10,14,18H,2-3,7-8,11-13H2,1H3,(H2,24,25,26)/t18-,33?/m0/s1. The Bertz CT molecular complexity index is 1130. The van der Waals surface area contributed by atoms with Crippen LogP contribution in [0.2, 0.25) is 0 Å². The largest absolute Gasteiger partial charge is 0.477 e. The molecule has 2 atom stereocenters. The van der Waals surface area contributed by atoms with Gasteiger partial charge in [-0.3, -0.25) is 9.59 Å². The third kappa shape index (κ3) is 5.29. The van der Waals surface area contributed by atoms with Gasteiger partial charge in [0.25, 0.3) is 5.91 Å². The number of ether oxygens (including phenoxy) is 2. The maximum absolute atomic E-state index is 13.3. The predicted octanol–water partition coefficient (Wildman–Crippen LogP) is 2.27. The molecule has 11 heteroatoms. The Morgan fingerprint density at radius 2 is 2.18 bits per heavy atom. The van der Waals surface area contributed by atoms with Crippen molar-refractivity contribution in [1.29, 1.82) is 0 Å². The lowest BCUT2D eigenvalue weighted by molar-refractivity contribution is -0.156. The second-order valence-electron chi connectivity index (χ2n) is 7.63. The lowest BCUT2D eigenvalue weighted by Crippen LogP contribution is -2.60. The maximum Gasteiger partial charge on any atom is 0.261 e. The van der Waals surface area contributed by atoms with Crippen molar-refractivity contribution in [2.24, 2.45) is 0 Å². The number of rotatable bonds is 8. The summed E-state index contributed by atoms with van der Waals surface area (Å²) in [5, 5.41) is 3.30. The van der Waals surface area contributed by atoms with E-state index in [-0.39, 0.29) is 25.0 Å². The number of nitrogens with zero attached hydrogens (tertiary/aromatic N) is 4. The molecule has 2 N–H and O–H groups in total. The Kier molecular flexibility index (Phi) is 7.46. The number of amides is 2. The number of nitrogen functional groups attached to an aromatic ring is 1. The van der Waals surface area contributed by atoms with Gasteiger partial charge in [0.05, 0.1) is 12.1 Å². The van der Waals surface area contributed by atoms with Gasteiger partial charge in [-0.1, -0.05) is 6.07 Å². The number of piperazine rings is 1. The second-order valence-corrected chi connectivity index (χ2v) is 9.93. The normalized spacial score (nSPS) is 20.7. The van der Waals surface area contributed by atoms with Gasteiger partial charge in [0.15, 0.2) is 11.7 Å². The van der Waals surface area contributed by atoms with Crippen LogP contribution in [0.5, 0.6) is 0 Å². The SMILES string of the molecule is CCOC[C@H]1C(=O)N(Cc2ccc3c(N)ncnc3c2)CCN1C(=O)COC1=CCC=S1Cl. The smallest absolute Gasteiger partial charge is 0.261 e. The Labute approximate surface area is 198 Å². The average molecular weight is 492 g/mol. The first-order chi connectivity index (χ1) is 16.0. The van der Waals surface area contributed by atoms with Crippen LogP contribution in [0.1, 0.15) is 18.9 Å². The molecule has 2 aliphatic rings. The van der Waals surface area contributed by atoms with E-state index in [0.717, 1.165) is 22.9 Å². The number of carbonyl (C=O) groups is 2. The summed E-state index contributed by atoms with van der Waals surface area (Å²) in [5.74, 6) is 0.00365. The number of aromatic nitrogens is 2. The molecule has 1 unspecified atom stereocenters. The number of fused-ring (bicyclic) bond motifs is 1. The highest BCUT2D eigenvalue weighted by molar-refractivity contribution is 8.37. The summed E-state index contributed by atoms with van der Waals surface area (Å²) < 4.78 is 11.2. The van der Waals surface area contributed by atoms with E-state index in [2.05, 4.69) is 9.97 Å². The minimum absolute atomic E-state index is 0.134. The van der Waals surface area contributed by atoms with E-state index in [1.165, 1.54) is 6.33 Å². The summed E-state index contributed by atoms with van der Waals surface area (Å²) in [5.41, 5.74) is 7.55. The molecular weight excluding hydrogens is 466 g/mol. The zero-order valence-corrected chi connectivity index (χ0v) is 19.8. The molecule has 2 amide bonds. The molecule has 0 spiro atoms. The number of hydrogen-bond acceptors (Lipinski definition) is 7. The van der Waals surface area contributed by atoms with Crippen LogP contribution in [0.25, 0.3) is 10.9 Å². The molecule has 176 valence electrons. The van der Waals surface area contributed by atoms with Crippen LogP contribution in [0, 0.1) is 0 Å². The lowest BCUT2D eigenvalue weighted by Gasteiger charge is -2.40. The Balaban J connectivity index is 1.45. The van der Waals surface area contributed by atoms with E-state index in [0.29, 0.717) is 37.2 Å². The summed E-state index contributed by atoms with van der Waals surface area (Å²) in [6.45, 7) is 3.49. The first kappa shape index (κ1) is 23.5. The third-order valence-corrected chi connectivity index (χ3v) is 7.53. The van der Waals surface area contributed by atoms with Gasteiger partial charge in [-0.2, -0.15) is 0 Å². The minimum Gasteiger partial charge on any atom is -0.477 e. The average Bonchev–Trinajstić information content (AvgIpc) is 3.22. The molecule has 0 bridgehead atoms. The highest BCUT2D eigenvalue weighted by Gasteiger charge is 2.37. The topological polar surface area (TPSA) is 111 Å². The number of allylic oxidation sites excluding steroid dienone is 1. The minimum atomic E-state index is -0.702. The number of halogens is 1. The highest BCUT2D eigenvalue weighted by Crippen LogP contribution is 2.35. The number of anilines is 1. The molecule has 1 aromatic heterocycles. The quantitative estimate of drug-likeness (QED) is 0.564. The van der Waals surface area contributed by atoms with Crippen molar-refractivity contribution >= 4 is 54.3 Å². The Morgan fingerprint density at radius 1 is 1.33 bits per heavy atom. The second kappa shape index (κ2) is 10.5. The van der Waals surface area contributed by atoms with Gasteiger partial charge in [0.1, 0.15) is 18.2 Å². The fourth-order valence-corrected chi connectivity index (χ4v) is 5.25. The van der Waals surface area contributed by atoms with E-state index < -0.39 is 15.7 Å². The summed E-state index contributed by atoms with van der Waals surface area (Å²) in [4.78, 5) is 37.8.